The minimum Gasteiger partial charge on any atom is -0.494 e. The maximum absolute atomic E-state index is 11.9. The van der Waals surface area contributed by atoms with Gasteiger partial charge >= 0.3 is 0 Å². The second kappa shape index (κ2) is 5.87. The van der Waals surface area contributed by atoms with Gasteiger partial charge in [0, 0.05) is 12.5 Å². The summed E-state index contributed by atoms with van der Waals surface area (Å²) < 4.78 is 5.48. The van der Waals surface area contributed by atoms with Gasteiger partial charge in [-0.1, -0.05) is 18.2 Å². The second-order valence-corrected chi connectivity index (χ2v) is 6.16. The zero-order valence-electron chi connectivity index (χ0n) is 11.5. The molecule has 0 spiro atoms. The maximum atomic E-state index is 11.9. The molecule has 106 valence electrons. The first kappa shape index (κ1) is 13.5. The van der Waals surface area contributed by atoms with Gasteiger partial charge in [-0.3, -0.25) is 4.79 Å². The van der Waals surface area contributed by atoms with Crippen LogP contribution in [0, 0.1) is 0 Å². The number of carbonyl (C=O) groups excluding carboxylic acids is 1. The van der Waals surface area contributed by atoms with Crippen molar-refractivity contribution < 1.29 is 9.53 Å². The van der Waals surface area contributed by atoms with Crippen LogP contribution < -0.4 is 4.74 Å². The number of ether oxygens (including phenoxy) is 1. The summed E-state index contributed by atoms with van der Waals surface area (Å²) in [5.41, 5.74) is 1.88. The first-order valence-electron chi connectivity index (χ1n) is 7.08. The zero-order valence-corrected chi connectivity index (χ0v) is 12.3. The number of aromatic nitrogens is 2. The normalized spacial score (nSPS) is 19.4. The highest BCUT2D eigenvalue weighted by Gasteiger charge is 2.24. The third-order valence-corrected chi connectivity index (χ3v) is 4.69. The number of thioether (sulfide) groups is 1. The molecule has 1 N–H and O–H groups in total. The molecule has 20 heavy (non-hydrogen) atoms. The molecule has 1 aliphatic carbocycles. The van der Waals surface area contributed by atoms with Crippen LogP contribution in [0.15, 0.2) is 23.4 Å². The molecular weight excluding hydrogens is 272 g/mol. The van der Waals surface area contributed by atoms with E-state index in [4.69, 9.17) is 4.74 Å². The van der Waals surface area contributed by atoms with Crippen molar-refractivity contribution in [1.82, 2.24) is 9.97 Å². The molecule has 1 aliphatic rings. The lowest BCUT2D eigenvalue weighted by Crippen LogP contribution is -2.21. The second-order valence-electron chi connectivity index (χ2n) is 4.97. The quantitative estimate of drug-likeness (QED) is 0.935. The fraction of sp³-hybridized carbons (Fsp3) is 0.467. The molecule has 3 rings (SSSR count). The highest BCUT2D eigenvalue weighted by atomic mass is 32.2. The third-order valence-electron chi connectivity index (χ3n) is 3.50. The van der Waals surface area contributed by atoms with Gasteiger partial charge in [0.15, 0.2) is 5.16 Å². The lowest BCUT2D eigenvalue weighted by atomic mass is 9.99. The van der Waals surface area contributed by atoms with E-state index in [2.05, 4.69) is 9.97 Å². The molecule has 0 bridgehead atoms. The Hall–Kier alpha value is -1.49. The van der Waals surface area contributed by atoms with Crippen LogP contribution in [0.25, 0.3) is 11.0 Å². The summed E-state index contributed by atoms with van der Waals surface area (Å²) in [6.07, 6.45) is 3.85. The average molecular weight is 290 g/mol. The average Bonchev–Trinajstić information content (AvgIpc) is 2.83. The summed E-state index contributed by atoms with van der Waals surface area (Å²) in [6, 6.07) is 5.83. The number of fused-ring (bicyclic) bond motifs is 1. The molecule has 0 radical (unpaired) electrons. The smallest absolute Gasteiger partial charge is 0.167 e. The van der Waals surface area contributed by atoms with Crippen molar-refractivity contribution in [2.45, 2.75) is 43.0 Å². The maximum Gasteiger partial charge on any atom is 0.167 e. The first-order valence-corrected chi connectivity index (χ1v) is 7.96. The zero-order chi connectivity index (χ0) is 13.9. The van der Waals surface area contributed by atoms with Crippen molar-refractivity contribution in [3.05, 3.63) is 18.2 Å². The Morgan fingerprint density at radius 2 is 2.35 bits per heavy atom. The van der Waals surface area contributed by atoms with E-state index in [0.29, 0.717) is 18.8 Å². The molecule has 0 amide bonds. The Bertz CT molecular complexity index is 623. The van der Waals surface area contributed by atoms with E-state index >= 15 is 0 Å². The van der Waals surface area contributed by atoms with Crippen LogP contribution in [-0.2, 0) is 4.79 Å². The number of rotatable bonds is 4. The predicted molar refractivity (Wildman–Crippen MR) is 80.4 cm³/mol. The number of imidazole rings is 1. The predicted octanol–water partition coefficient (Wildman–Crippen LogP) is 3.57. The molecule has 0 aliphatic heterocycles. The van der Waals surface area contributed by atoms with Crippen molar-refractivity contribution >= 4 is 28.6 Å². The fourth-order valence-corrected chi connectivity index (χ4v) is 3.61. The summed E-state index contributed by atoms with van der Waals surface area (Å²) in [4.78, 5) is 19.7. The van der Waals surface area contributed by atoms with Gasteiger partial charge in [-0.15, -0.1) is 0 Å². The van der Waals surface area contributed by atoms with Crippen LogP contribution in [0.4, 0.5) is 0 Å². The SMILES string of the molecule is CCOc1ccc2nc(SC3CCCCC3=O)[nH]c2c1. The minimum absolute atomic E-state index is 0.0654. The summed E-state index contributed by atoms with van der Waals surface area (Å²) in [6.45, 7) is 2.62. The molecule has 1 aromatic carbocycles. The number of aromatic amines is 1. The summed E-state index contributed by atoms with van der Waals surface area (Å²) in [7, 11) is 0. The van der Waals surface area contributed by atoms with Crippen molar-refractivity contribution in [3.63, 3.8) is 0 Å². The molecular formula is C15H18N2O2S. The largest absolute Gasteiger partial charge is 0.494 e. The van der Waals surface area contributed by atoms with Crippen molar-refractivity contribution in [3.8, 4) is 5.75 Å². The number of nitrogens with zero attached hydrogens (tertiary/aromatic N) is 1. The number of ketones is 1. The van der Waals surface area contributed by atoms with Crippen molar-refractivity contribution in [1.29, 1.82) is 0 Å². The summed E-state index contributed by atoms with van der Waals surface area (Å²) >= 11 is 1.56. The van der Waals surface area contributed by atoms with E-state index < -0.39 is 0 Å². The van der Waals surface area contributed by atoms with Gasteiger partial charge < -0.3 is 9.72 Å². The molecule has 1 unspecified atom stereocenters. The summed E-state index contributed by atoms with van der Waals surface area (Å²) in [5, 5.41) is 0.893. The Balaban J connectivity index is 1.79. The van der Waals surface area contributed by atoms with E-state index in [1.165, 1.54) is 0 Å². The summed E-state index contributed by atoms with van der Waals surface area (Å²) in [5.74, 6) is 1.20. The van der Waals surface area contributed by atoms with E-state index in [1.807, 2.05) is 25.1 Å². The molecule has 1 aromatic heterocycles. The number of benzene rings is 1. The van der Waals surface area contributed by atoms with E-state index in [1.54, 1.807) is 11.8 Å². The van der Waals surface area contributed by atoms with Crippen LogP contribution in [0.5, 0.6) is 5.75 Å². The molecule has 1 heterocycles. The number of carbonyl (C=O) groups is 1. The van der Waals surface area contributed by atoms with Crippen molar-refractivity contribution in [2.75, 3.05) is 6.61 Å². The van der Waals surface area contributed by atoms with Crippen LogP contribution >= 0.6 is 11.8 Å². The van der Waals surface area contributed by atoms with Crippen LogP contribution in [-0.4, -0.2) is 27.6 Å². The fourth-order valence-electron chi connectivity index (χ4n) is 2.49. The van der Waals surface area contributed by atoms with E-state index in [9.17, 15) is 4.79 Å². The number of hydrogen-bond acceptors (Lipinski definition) is 4. The lowest BCUT2D eigenvalue weighted by molar-refractivity contribution is -0.119. The Morgan fingerprint density at radius 3 is 3.15 bits per heavy atom. The molecule has 5 heteroatoms. The van der Waals surface area contributed by atoms with Crippen molar-refractivity contribution in [2.24, 2.45) is 0 Å². The number of H-pyrrole nitrogens is 1. The standard InChI is InChI=1S/C15H18N2O2S/c1-2-19-10-7-8-11-12(9-10)17-15(16-11)20-14-6-4-3-5-13(14)18/h7-9,14H,2-6H2,1H3,(H,16,17). The Kier molecular flexibility index (Phi) is 3.96. The molecule has 0 saturated heterocycles. The van der Waals surface area contributed by atoms with E-state index in [-0.39, 0.29) is 5.25 Å². The van der Waals surface area contributed by atoms with Gasteiger partial charge in [0.2, 0.25) is 0 Å². The molecule has 1 atom stereocenters. The molecule has 1 fully saturated rings. The highest BCUT2D eigenvalue weighted by Crippen LogP contribution is 2.31. The van der Waals surface area contributed by atoms with Gasteiger partial charge in [-0.25, -0.2) is 4.98 Å². The number of hydrogen-bond donors (Lipinski definition) is 1. The molecule has 4 nitrogen and oxygen atoms in total. The Labute approximate surface area is 122 Å². The van der Waals surface area contributed by atoms with Gasteiger partial charge in [0.25, 0.3) is 0 Å². The number of nitrogens with one attached hydrogen (secondary N) is 1. The monoisotopic (exact) mass is 290 g/mol. The Morgan fingerprint density at radius 1 is 1.45 bits per heavy atom. The lowest BCUT2D eigenvalue weighted by Gasteiger charge is -2.18. The van der Waals surface area contributed by atoms with Gasteiger partial charge in [0.05, 0.1) is 22.9 Å². The molecule has 1 saturated carbocycles. The van der Waals surface area contributed by atoms with Crippen LogP contribution in [0.2, 0.25) is 0 Å². The number of Topliss-reactive ketones (excluding diaryl/α,β-unsaturated/α-hetero) is 1. The van der Waals surface area contributed by atoms with Gasteiger partial charge in [-0.05, 0) is 31.9 Å². The van der Waals surface area contributed by atoms with Gasteiger partial charge in [0.1, 0.15) is 11.5 Å². The van der Waals surface area contributed by atoms with Crippen LogP contribution in [0.1, 0.15) is 32.6 Å². The first-order chi connectivity index (χ1) is 9.76. The molecule has 2 aromatic rings. The third kappa shape index (κ3) is 2.82. The van der Waals surface area contributed by atoms with Crippen LogP contribution in [0.3, 0.4) is 0 Å². The highest BCUT2D eigenvalue weighted by molar-refractivity contribution is 8.00. The minimum atomic E-state index is 0.0654. The van der Waals surface area contributed by atoms with E-state index in [0.717, 1.165) is 41.2 Å². The van der Waals surface area contributed by atoms with Gasteiger partial charge in [-0.2, -0.15) is 0 Å². The topological polar surface area (TPSA) is 55.0 Å².